The molecule has 3 unspecified atom stereocenters. The second kappa shape index (κ2) is 67.2. The maximum Gasteiger partial charge on any atom is 0.472 e. The van der Waals surface area contributed by atoms with Crippen molar-refractivity contribution in [3.63, 3.8) is 0 Å². The quantitative estimate of drug-likeness (QED) is 0.0222. The molecule has 0 bridgehead atoms. The van der Waals surface area contributed by atoms with Gasteiger partial charge >= 0.3 is 39.5 Å². The van der Waals surface area contributed by atoms with Crippen molar-refractivity contribution in [3.8, 4) is 0 Å². The summed E-state index contributed by atoms with van der Waals surface area (Å²) in [6.07, 6.45) is 53.2. The van der Waals surface area contributed by atoms with E-state index in [0.717, 1.165) is 108 Å². The summed E-state index contributed by atoms with van der Waals surface area (Å²) in [5.41, 5.74) is 0. The van der Waals surface area contributed by atoms with E-state index in [2.05, 4.69) is 55.4 Å². The van der Waals surface area contributed by atoms with Crippen LogP contribution in [0.25, 0.3) is 0 Å². The average Bonchev–Trinajstić information content (AvgIpc) is 1.60. The van der Waals surface area contributed by atoms with Crippen molar-refractivity contribution >= 4 is 39.5 Å². The lowest BCUT2D eigenvalue weighted by Gasteiger charge is -2.21. The predicted octanol–water partition coefficient (Wildman–Crippen LogP) is 22.8. The molecule has 576 valence electrons. The second-order valence-corrected chi connectivity index (χ2v) is 32.9. The molecule has 17 nitrogen and oxygen atoms in total. The SMILES string of the molecule is CC(C)CCCCCCCCCCCCCCCCCCCCC(=O)O[C@H](COC(=O)CCCCCCCCC(C)C)COP(=O)(O)OCC(O)COP(=O)(O)OC[C@@H](COC(=O)CCCCCCCCCCCCCCCCC(C)C)OC(=O)CCCCCCCCCC(C)C. The van der Waals surface area contributed by atoms with Gasteiger partial charge in [-0.25, -0.2) is 9.13 Å². The van der Waals surface area contributed by atoms with E-state index < -0.39 is 97.5 Å². The number of carbonyl (C=O) groups excluding carboxylic acids is 4. The molecule has 3 N–H and O–H groups in total. The zero-order valence-electron chi connectivity index (χ0n) is 63.7. The van der Waals surface area contributed by atoms with Gasteiger partial charge in [0, 0.05) is 25.7 Å². The Labute approximate surface area is 594 Å². The van der Waals surface area contributed by atoms with Crippen LogP contribution in [-0.4, -0.2) is 96.7 Å². The average molecular weight is 1420 g/mol. The van der Waals surface area contributed by atoms with Gasteiger partial charge in [0.25, 0.3) is 0 Å². The molecule has 0 saturated carbocycles. The Balaban J connectivity index is 5.13. The van der Waals surface area contributed by atoms with E-state index in [1.54, 1.807) is 0 Å². The van der Waals surface area contributed by atoms with Gasteiger partial charge in [0.1, 0.15) is 19.3 Å². The largest absolute Gasteiger partial charge is 0.472 e. The maximum atomic E-state index is 13.1. The predicted molar refractivity (Wildman–Crippen MR) is 395 cm³/mol. The Morgan fingerprint density at radius 3 is 0.639 bits per heavy atom. The number of aliphatic hydroxyl groups is 1. The van der Waals surface area contributed by atoms with Gasteiger partial charge < -0.3 is 33.8 Å². The molecular formula is C78H152O17P2. The lowest BCUT2D eigenvalue weighted by atomic mass is 10.0. The number of rotatable bonds is 75. The first kappa shape index (κ1) is 95.1. The van der Waals surface area contributed by atoms with Gasteiger partial charge in [-0.1, -0.05) is 344 Å². The van der Waals surface area contributed by atoms with Crippen LogP contribution in [-0.2, 0) is 65.4 Å². The van der Waals surface area contributed by atoms with E-state index in [9.17, 15) is 43.2 Å². The van der Waals surface area contributed by atoms with Crippen molar-refractivity contribution in [2.45, 2.75) is 414 Å². The van der Waals surface area contributed by atoms with Crippen molar-refractivity contribution in [2.24, 2.45) is 23.7 Å². The van der Waals surface area contributed by atoms with Crippen molar-refractivity contribution in [3.05, 3.63) is 0 Å². The van der Waals surface area contributed by atoms with Crippen LogP contribution >= 0.6 is 15.6 Å². The Bertz CT molecular complexity index is 1900. The number of phosphoric acid groups is 2. The fraction of sp³-hybridized carbons (Fsp3) is 0.949. The number of ether oxygens (including phenoxy) is 4. The lowest BCUT2D eigenvalue weighted by Crippen LogP contribution is -2.30. The van der Waals surface area contributed by atoms with Gasteiger partial charge in [-0.3, -0.25) is 37.3 Å². The summed E-state index contributed by atoms with van der Waals surface area (Å²) < 4.78 is 68.5. The van der Waals surface area contributed by atoms with Gasteiger partial charge in [0.2, 0.25) is 0 Å². The van der Waals surface area contributed by atoms with Crippen LogP contribution in [0, 0.1) is 23.7 Å². The first-order valence-electron chi connectivity index (χ1n) is 40.2. The van der Waals surface area contributed by atoms with Gasteiger partial charge in [-0.15, -0.1) is 0 Å². The normalized spacial score (nSPS) is 14.1. The topological polar surface area (TPSA) is 237 Å². The smallest absolute Gasteiger partial charge is 0.462 e. The second-order valence-electron chi connectivity index (χ2n) is 30.0. The van der Waals surface area contributed by atoms with Gasteiger partial charge in [-0.2, -0.15) is 0 Å². The maximum absolute atomic E-state index is 13.1. The third-order valence-corrected chi connectivity index (χ3v) is 20.0. The van der Waals surface area contributed by atoms with Crippen LogP contribution in [0.5, 0.6) is 0 Å². The third-order valence-electron chi connectivity index (χ3n) is 18.1. The van der Waals surface area contributed by atoms with Crippen molar-refractivity contribution in [1.82, 2.24) is 0 Å². The number of esters is 4. The number of aliphatic hydroxyl groups excluding tert-OH is 1. The third kappa shape index (κ3) is 72.2. The van der Waals surface area contributed by atoms with Gasteiger partial charge in [0.05, 0.1) is 26.4 Å². The number of phosphoric ester groups is 2. The van der Waals surface area contributed by atoms with E-state index in [1.807, 2.05) is 0 Å². The summed E-state index contributed by atoms with van der Waals surface area (Å²) in [6.45, 7) is 14.1. The van der Waals surface area contributed by atoms with E-state index in [4.69, 9.17) is 37.0 Å². The van der Waals surface area contributed by atoms with Crippen LogP contribution in [0.15, 0.2) is 0 Å². The molecule has 5 atom stereocenters. The molecule has 0 aromatic heterocycles. The summed E-state index contributed by atoms with van der Waals surface area (Å²) in [6, 6.07) is 0. The molecule has 0 amide bonds. The molecule has 97 heavy (non-hydrogen) atoms. The van der Waals surface area contributed by atoms with Crippen LogP contribution in [0.3, 0.4) is 0 Å². The lowest BCUT2D eigenvalue weighted by molar-refractivity contribution is -0.161. The Kier molecular flexibility index (Phi) is 65.9. The molecule has 0 aromatic rings. The minimum atomic E-state index is -4.96. The minimum Gasteiger partial charge on any atom is -0.462 e. The number of carbonyl (C=O) groups is 4. The van der Waals surface area contributed by atoms with Crippen LogP contribution in [0.2, 0.25) is 0 Å². The number of hydrogen-bond acceptors (Lipinski definition) is 15. The summed E-state index contributed by atoms with van der Waals surface area (Å²) >= 11 is 0. The fourth-order valence-electron chi connectivity index (χ4n) is 11.9. The van der Waals surface area contributed by atoms with E-state index in [-0.39, 0.29) is 25.7 Å². The highest BCUT2D eigenvalue weighted by Gasteiger charge is 2.30. The highest BCUT2D eigenvalue weighted by atomic mass is 31.2. The fourth-order valence-corrected chi connectivity index (χ4v) is 13.5. The van der Waals surface area contributed by atoms with E-state index in [0.29, 0.717) is 37.5 Å². The first-order valence-corrected chi connectivity index (χ1v) is 43.2. The van der Waals surface area contributed by atoms with Crippen LogP contribution in [0.1, 0.15) is 396 Å². The molecular weight excluding hydrogens is 1270 g/mol. The summed E-state index contributed by atoms with van der Waals surface area (Å²) in [5.74, 6) is 0.871. The minimum absolute atomic E-state index is 0.103. The molecule has 19 heteroatoms. The summed E-state index contributed by atoms with van der Waals surface area (Å²) in [4.78, 5) is 72.8. The number of unbranched alkanes of at least 4 members (excludes halogenated alkanes) is 41. The molecule has 0 aliphatic carbocycles. The summed E-state index contributed by atoms with van der Waals surface area (Å²) in [7, 11) is -9.91. The van der Waals surface area contributed by atoms with Crippen LogP contribution < -0.4 is 0 Å². The molecule has 0 radical (unpaired) electrons. The van der Waals surface area contributed by atoms with Gasteiger partial charge in [0.15, 0.2) is 12.2 Å². The molecule has 0 aliphatic rings. The van der Waals surface area contributed by atoms with Crippen molar-refractivity contribution < 1.29 is 80.2 Å². The zero-order chi connectivity index (χ0) is 71.7. The standard InChI is InChI=1S/C78H152O17P2/c1-68(2)54-46-38-30-25-21-17-13-11-9-10-12-14-20-24-28-34-44-52-60-77(82)94-74(65-89-76(81)59-51-43-37-36-41-49-57-71(7)8)67-93-97(86,87)91-63-72(79)62-90-96(84,85)92-66-73(95-78(83)61-53-45-35-29-32-40-48-56-70(5)6)64-88-75(80)58-50-42-33-27-23-19-16-15-18-22-26-31-39-47-55-69(3)4/h68-74,79H,9-67H2,1-8H3,(H,84,85)(H,86,87)/t72?,73-,74-/m1/s1. The molecule has 0 rings (SSSR count). The highest BCUT2D eigenvalue weighted by molar-refractivity contribution is 7.47. The van der Waals surface area contributed by atoms with Crippen LogP contribution in [0.4, 0.5) is 0 Å². The van der Waals surface area contributed by atoms with Crippen molar-refractivity contribution in [1.29, 1.82) is 0 Å². The molecule has 0 aliphatic heterocycles. The van der Waals surface area contributed by atoms with Crippen molar-refractivity contribution in [2.75, 3.05) is 39.6 Å². The summed E-state index contributed by atoms with van der Waals surface area (Å²) in [5, 5.41) is 10.6. The Morgan fingerprint density at radius 2 is 0.433 bits per heavy atom. The molecule has 0 spiro atoms. The number of hydrogen-bond donors (Lipinski definition) is 3. The molecule has 0 saturated heterocycles. The van der Waals surface area contributed by atoms with Gasteiger partial charge in [-0.05, 0) is 49.4 Å². The van der Waals surface area contributed by atoms with E-state index in [1.165, 1.54) is 193 Å². The highest BCUT2D eigenvalue weighted by Crippen LogP contribution is 2.45. The Morgan fingerprint density at radius 1 is 0.258 bits per heavy atom. The Hall–Kier alpha value is -1.94. The molecule has 0 fully saturated rings. The monoisotopic (exact) mass is 1420 g/mol. The molecule has 0 heterocycles. The van der Waals surface area contributed by atoms with E-state index >= 15 is 0 Å². The zero-order valence-corrected chi connectivity index (χ0v) is 65.5. The molecule has 0 aromatic carbocycles. The first-order chi connectivity index (χ1) is 46.6.